The maximum absolute atomic E-state index is 13.2. The summed E-state index contributed by atoms with van der Waals surface area (Å²) in [5.74, 6) is -0.138. The average molecular weight is 363 g/mol. The minimum absolute atomic E-state index is 0.0307. The molecule has 2 aromatic rings. The van der Waals surface area contributed by atoms with Gasteiger partial charge in [-0.05, 0) is 37.0 Å². The second-order valence-corrected chi connectivity index (χ2v) is 7.56. The van der Waals surface area contributed by atoms with Crippen LogP contribution in [0, 0.1) is 5.92 Å². The monoisotopic (exact) mass is 363 g/mol. The third kappa shape index (κ3) is 4.00. The molecule has 3 rings (SSSR count). The van der Waals surface area contributed by atoms with Crippen molar-refractivity contribution in [2.75, 3.05) is 0 Å². The molecule has 1 heterocycles. The molecule has 0 radical (unpaired) electrons. The maximum Gasteiger partial charge on any atom is 0.341 e. The Balaban J connectivity index is 2.14. The zero-order chi connectivity index (χ0) is 19.4. The molecule has 1 aliphatic rings. The van der Waals surface area contributed by atoms with Gasteiger partial charge in [0, 0.05) is 17.9 Å². The van der Waals surface area contributed by atoms with E-state index < -0.39 is 5.54 Å². The number of rotatable bonds is 7. The highest BCUT2D eigenvalue weighted by atomic mass is 16.6. The summed E-state index contributed by atoms with van der Waals surface area (Å²) >= 11 is 0. The Labute approximate surface area is 160 Å². The summed E-state index contributed by atoms with van der Waals surface area (Å²) in [6, 6.07) is 19.1. The maximum atomic E-state index is 13.2. The molecule has 1 aliphatic heterocycles. The summed E-state index contributed by atoms with van der Waals surface area (Å²) in [6.45, 7) is 5.67. The number of aliphatic imine (C=N–C) groups is 1. The van der Waals surface area contributed by atoms with Crippen LogP contribution in [0.2, 0.25) is 0 Å². The summed E-state index contributed by atoms with van der Waals surface area (Å²) in [6.07, 6.45) is 0.770. The number of hydrogen-bond acceptors (Lipinski definition) is 4. The first-order valence-electron chi connectivity index (χ1n) is 9.34. The van der Waals surface area contributed by atoms with E-state index in [0.29, 0.717) is 12.3 Å². The minimum Gasteiger partial charge on any atom is -0.405 e. The lowest BCUT2D eigenvalue weighted by atomic mass is 9.72. The van der Waals surface area contributed by atoms with Crippen molar-refractivity contribution in [3.05, 3.63) is 71.8 Å². The van der Waals surface area contributed by atoms with Crippen molar-refractivity contribution in [3.63, 3.8) is 0 Å². The van der Waals surface area contributed by atoms with Gasteiger partial charge in [0.25, 0.3) is 0 Å². The molecule has 2 atom stereocenters. The van der Waals surface area contributed by atoms with Gasteiger partial charge in [-0.1, -0.05) is 62.4 Å². The Bertz CT molecular complexity index is 842. The van der Waals surface area contributed by atoms with E-state index in [-0.39, 0.29) is 30.0 Å². The molecule has 0 saturated heterocycles. The topological polar surface area (TPSA) is 55.7 Å². The molecule has 4 nitrogen and oxygen atoms in total. The largest absolute Gasteiger partial charge is 0.405 e. The highest BCUT2D eigenvalue weighted by Gasteiger charge is 2.53. The standard InChI is InChI=1S/C23H25NO3/c1-16(2)15-23(20(14-17(3)25)18-10-6-4-7-11-18)22(26)27-21(24-23)19-12-8-5-9-13-19/h4-13,16,20H,14-15H2,1-3H3/t20-,23-/m1/s1. The fraction of sp³-hybridized carbons (Fsp3) is 0.348. The Morgan fingerprint density at radius 1 is 1.04 bits per heavy atom. The lowest BCUT2D eigenvalue weighted by Crippen LogP contribution is -2.42. The van der Waals surface area contributed by atoms with Gasteiger partial charge in [0.15, 0.2) is 5.54 Å². The fourth-order valence-corrected chi connectivity index (χ4v) is 3.78. The lowest BCUT2D eigenvalue weighted by Gasteiger charge is -2.33. The van der Waals surface area contributed by atoms with Gasteiger partial charge in [0.05, 0.1) is 0 Å². The highest BCUT2D eigenvalue weighted by Crippen LogP contribution is 2.43. The number of carbonyl (C=O) groups is 2. The molecule has 4 heteroatoms. The first-order chi connectivity index (χ1) is 12.9. The van der Waals surface area contributed by atoms with Crippen LogP contribution in [0.25, 0.3) is 0 Å². The SMILES string of the molecule is CC(=O)C[C@H](c1ccccc1)[C@@]1(CC(C)C)N=C(c2ccccc2)OC1=O. The van der Waals surface area contributed by atoms with Crippen LogP contribution in [0.4, 0.5) is 0 Å². The summed E-state index contributed by atoms with van der Waals surface area (Å²) in [5.41, 5.74) is 0.612. The molecule has 0 unspecified atom stereocenters. The zero-order valence-corrected chi connectivity index (χ0v) is 16.0. The molecule has 0 aliphatic carbocycles. The second kappa shape index (κ2) is 7.87. The van der Waals surface area contributed by atoms with Crippen molar-refractivity contribution < 1.29 is 14.3 Å². The van der Waals surface area contributed by atoms with E-state index in [1.165, 1.54) is 0 Å². The molecule has 0 aromatic heterocycles. The van der Waals surface area contributed by atoms with Crippen LogP contribution >= 0.6 is 0 Å². The number of esters is 1. The van der Waals surface area contributed by atoms with Gasteiger partial charge in [-0.2, -0.15) is 0 Å². The van der Waals surface area contributed by atoms with Gasteiger partial charge in [-0.3, -0.25) is 0 Å². The second-order valence-electron chi connectivity index (χ2n) is 7.56. The molecule has 0 spiro atoms. The summed E-state index contributed by atoms with van der Waals surface area (Å²) < 4.78 is 5.65. The molecule has 27 heavy (non-hydrogen) atoms. The number of carbonyl (C=O) groups excluding carboxylic acids is 2. The Kier molecular flexibility index (Phi) is 5.54. The summed E-state index contributed by atoms with van der Waals surface area (Å²) in [5, 5.41) is 0. The van der Waals surface area contributed by atoms with Crippen LogP contribution in [0.1, 0.15) is 50.7 Å². The highest BCUT2D eigenvalue weighted by molar-refractivity contribution is 6.08. The van der Waals surface area contributed by atoms with Gasteiger partial charge in [-0.15, -0.1) is 0 Å². The van der Waals surface area contributed by atoms with Crippen LogP contribution in [0.5, 0.6) is 0 Å². The van der Waals surface area contributed by atoms with Crippen molar-refractivity contribution >= 4 is 17.7 Å². The third-order valence-electron chi connectivity index (χ3n) is 4.85. The van der Waals surface area contributed by atoms with E-state index in [9.17, 15) is 9.59 Å². The fourth-order valence-electron chi connectivity index (χ4n) is 3.78. The normalized spacial score (nSPS) is 20.3. The van der Waals surface area contributed by atoms with Crippen LogP contribution in [-0.2, 0) is 14.3 Å². The molecule has 0 amide bonds. The lowest BCUT2D eigenvalue weighted by molar-refractivity contribution is -0.140. The smallest absolute Gasteiger partial charge is 0.341 e. The van der Waals surface area contributed by atoms with E-state index >= 15 is 0 Å². The Morgan fingerprint density at radius 2 is 1.63 bits per heavy atom. The van der Waals surface area contributed by atoms with Gasteiger partial charge in [0.2, 0.25) is 5.90 Å². The predicted molar refractivity (Wildman–Crippen MR) is 106 cm³/mol. The number of nitrogens with zero attached hydrogens (tertiary/aromatic N) is 1. The van der Waals surface area contributed by atoms with Crippen LogP contribution in [0.3, 0.4) is 0 Å². The van der Waals surface area contributed by atoms with Crippen LogP contribution < -0.4 is 0 Å². The number of hydrogen-bond donors (Lipinski definition) is 0. The van der Waals surface area contributed by atoms with E-state index in [0.717, 1.165) is 11.1 Å². The van der Waals surface area contributed by atoms with Crippen molar-refractivity contribution in [1.82, 2.24) is 0 Å². The van der Waals surface area contributed by atoms with Crippen molar-refractivity contribution in [2.45, 2.75) is 45.1 Å². The Hall–Kier alpha value is -2.75. The molecule has 140 valence electrons. The van der Waals surface area contributed by atoms with Gasteiger partial charge < -0.3 is 9.53 Å². The first kappa shape index (κ1) is 19.0. The molecule has 0 fully saturated rings. The molecular formula is C23H25NO3. The van der Waals surface area contributed by atoms with Crippen molar-refractivity contribution in [3.8, 4) is 0 Å². The van der Waals surface area contributed by atoms with Gasteiger partial charge >= 0.3 is 5.97 Å². The predicted octanol–water partition coefficient (Wildman–Crippen LogP) is 4.54. The van der Waals surface area contributed by atoms with Gasteiger partial charge in [-0.25, -0.2) is 9.79 Å². The number of ether oxygens (including phenoxy) is 1. The van der Waals surface area contributed by atoms with Gasteiger partial charge in [0.1, 0.15) is 5.78 Å². The summed E-state index contributed by atoms with van der Waals surface area (Å²) in [4.78, 5) is 30.1. The molecule has 2 aromatic carbocycles. The molecule has 0 N–H and O–H groups in total. The van der Waals surface area contributed by atoms with E-state index in [2.05, 4.69) is 13.8 Å². The van der Waals surface area contributed by atoms with Crippen molar-refractivity contribution in [1.29, 1.82) is 0 Å². The number of cyclic esters (lactones) is 1. The first-order valence-corrected chi connectivity index (χ1v) is 9.34. The van der Waals surface area contributed by atoms with E-state index in [1.807, 2.05) is 60.7 Å². The summed E-state index contributed by atoms with van der Waals surface area (Å²) in [7, 11) is 0. The molecular weight excluding hydrogens is 338 g/mol. The molecule has 0 saturated carbocycles. The van der Waals surface area contributed by atoms with E-state index in [4.69, 9.17) is 9.73 Å². The Morgan fingerprint density at radius 3 is 2.19 bits per heavy atom. The number of benzene rings is 2. The quantitative estimate of drug-likeness (QED) is 0.679. The molecule has 0 bridgehead atoms. The number of ketones is 1. The average Bonchev–Trinajstić information content (AvgIpc) is 2.97. The van der Waals surface area contributed by atoms with E-state index in [1.54, 1.807) is 6.92 Å². The minimum atomic E-state index is -1.09. The van der Waals surface area contributed by atoms with Crippen molar-refractivity contribution in [2.24, 2.45) is 10.9 Å². The number of Topliss-reactive ketones (excluding diaryl/α,β-unsaturated/α-hetero) is 1. The third-order valence-corrected chi connectivity index (χ3v) is 4.85. The van der Waals surface area contributed by atoms with Crippen LogP contribution in [-0.4, -0.2) is 23.2 Å². The van der Waals surface area contributed by atoms with Crippen LogP contribution in [0.15, 0.2) is 65.7 Å². The zero-order valence-electron chi connectivity index (χ0n) is 16.0.